The van der Waals surface area contributed by atoms with E-state index in [1.165, 1.54) is 51.4 Å². The number of aromatic nitrogens is 2. The van der Waals surface area contributed by atoms with Crippen molar-refractivity contribution in [3.05, 3.63) is 198 Å². The second-order valence-corrected chi connectivity index (χ2v) is 13.3. The first-order chi connectivity index (χ1) is 21.7. The average Bonchev–Trinajstić information content (AvgIpc) is 3.65. The van der Waals surface area contributed by atoms with Crippen molar-refractivity contribution in [1.29, 1.82) is 0 Å². The molecular weight excluding hydrogens is 547 g/mol. The molecule has 1 heterocycles. The number of nitrogens with zero attached hydrogens (tertiary/aromatic N) is 2. The van der Waals surface area contributed by atoms with Crippen molar-refractivity contribution in [2.75, 3.05) is 0 Å². The van der Waals surface area contributed by atoms with Crippen LogP contribution in [0.2, 0.25) is 0 Å². The number of benzene rings is 5. The van der Waals surface area contributed by atoms with Crippen LogP contribution in [0.15, 0.2) is 170 Å². The van der Waals surface area contributed by atoms with E-state index in [-0.39, 0.29) is 5.16 Å². The highest BCUT2D eigenvalue weighted by Crippen LogP contribution is 2.33. The Balaban J connectivity index is 0.000000215. The minimum Gasteiger partial charge on any atom is -0.326 e. The predicted molar refractivity (Wildman–Crippen MR) is 193 cm³/mol. The standard InChI is InChI=1S/C26H28N2Si.C14H13B/c1-2-3-11-22-12-10-17-25(20-22)29-26(28-19-18-27-21-28,23-13-6-4-7-14-23)24-15-8-5-9-16-24;15-11-14(12-7-3-1-4-8-12)13-9-5-2-6-10-13/h4-10,12-21H,2-3,11,29H2,1H3;1-11H,15H2. The molecule has 6 aromatic rings. The third-order valence-electron chi connectivity index (χ3n) is 8.18. The van der Waals surface area contributed by atoms with E-state index in [2.05, 4.69) is 170 Å². The SMILES string of the molecule is BC=C(c1ccccc1)c1ccccc1.CCCCc1cccc([SiH2]C(c2ccccc2)(c2ccccc2)n2ccnc2)c1. The van der Waals surface area contributed by atoms with E-state index in [1.54, 1.807) is 0 Å². The van der Waals surface area contributed by atoms with Gasteiger partial charge in [0.25, 0.3) is 0 Å². The van der Waals surface area contributed by atoms with Gasteiger partial charge in [-0.15, -0.1) is 5.98 Å². The predicted octanol–water partition coefficient (Wildman–Crippen LogP) is 7.18. The van der Waals surface area contributed by atoms with Gasteiger partial charge in [0, 0.05) is 12.4 Å². The quantitative estimate of drug-likeness (QED) is 0.155. The Bertz CT molecular complexity index is 1620. The van der Waals surface area contributed by atoms with Gasteiger partial charge in [0.1, 0.15) is 7.85 Å². The Labute approximate surface area is 266 Å². The number of hydrogen-bond acceptors (Lipinski definition) is 1. The van der Waals surface area contributed by atoms with Crippen molar-refractivity contribution in [1.82, 2.24) is 9.55 Å². The van der Waals surface area contributed by atoms with E-state index in [0.717, 1.165) is 6.42 Å². The average molecular weight is 589 g/mol. The van der Waals surface area contributed by atoms with Crippen molar-refractivity contribution in [3.63, 3.8) is 0 Å². The third-order valence-corrected chi connectivity index (χ3v) is 10.7. The van der Waals surface area contributed by atoms with Gasteiger partial charge in [-0.1, -0.05) is 164 Å². The molecule has 0 aliphatic rings. The van der Waals surface area contributed by atoms with Crippen LogP contribution in [0.25, 0.3) is 5.57 Å². The van der Waals surface area contributed by atoms with Crippen LogP contribution < -0.4 is 5.19 Å². The number of unbranched alkanes of at least 4 members (excludes halogenated alkanes) is 1. The monoisotopic (exact) mass is 588 g/mol. The van der Waals surface area contributed by atoms with Crippen LogP contribution in [0.1, 0.15) is 47.6 Å². The summed E-state index contributed by atoms with van der Waals surface area (Å²) in [6.45, 7) is 2.26. The van der Waals surface area contributed by atoms with Gasteiger partial charge < -0.3 is 4.57 Å². The minimum absolute atomic E-state index is 0.206. The summed E-state index contributed by atoms with van der Waals surface area (Å²) in [7, 11) is 1.29. The Hall–Kier alpha value is -4.67. The maximum Gasteiger partial charge on any atom is 0.130 e. The highest BCUT2D eigenvalue weighted by atomic mass is 28.2. The van der Waals surface area contributed by atoms with Crippen molar-refractivity contribution < 1.29 is 0 Å². The molecule has 0 spiro atoms. The molecule has 0 N–H and O–H groups in total. The molecule has 1 aromatic heterocycles. The van der Waals surface area contributed by atoms with E-state index in [9.17, 15) is 0 Å². The lowest BCUT2D eigenvalue weighted by Gasteiger charge is -2.37. The molecule has 218 valence electrons. The van der Waals surface area contributed by atoms with Gasteiger partial charge in [-0.2, -0.15) is 0 Å². The Morgan fingerprint density at radius 2 is 1.27 bits per heavy atom. The fourth-order valence-corrected chi connectivity index (χ4v) is 8.44. The zero-order chi connectivity index (χ0) is 30.5. The highest BCUT2D eigenvalue weighted by molar-refractivity contribution is 6.57. The number of imidazole rings is 1. The molecule has 0 aliphatic heterocycles. The molecule has 0 radical (unpaired) electrons. The first kappa shape index (κ1) is 30.8. The Kier molecular flexibility index (Phi) is 11.0. The molecule has 4 heteroatoms. The molecule has 0 atom stereocenters. The van der Waals surface area contributed by atoms with Gasteiger partial charge in [-0.25, -0.2) is 4.98 Å². The van der Waals surface area contributed by atoms with Crippen LogP contribution in [0.5, 0.6) is 0 Å². The summed E-state index contributed by atoms with van der Waals surface area (Å²) in [5.41, 5.74) is 7.94. The van der Waals surface area contributed by atoms with Gasteiger partial charge in [0.15, 0.2) is 0 Å². The van der Waals surface area contributed by atoms with Gasteiger partial charge in [-0.05, 0) is 46.2 Å². The Morgan fingerprint density at radius 3 is 1.75 bits per heavy atom. The first-order valence-corrected chi connectivity index (χ1v) is 17.1. The fourth-order valence-electron chi connectivity index (χ4n) is 5.98. The lowest BCUT2D eigenvalue weighted by atomic mass is 9.92. The Morgan fingerprint density at radius 1 is 0.727 bits per heavy atom. The van der Waals surface area contributed by atoms with Gasteiger partial charge >= 0.3 is 0 Å². The van der Waals surface area contributed by atoms with Crippen LogP contribution in [0.4, 0.5) is 0 Å². The third kappa shape index (κ3) is 7.45. The van der Waals surface area contributed by atoms with Crippen LogP contribution in [-0.2, 0) is 11.6 Å². The number of hydrogen-bond donors (Lipinski definition) is 0. The van der Waals surface area contributed by atoms with Crippen molar-refractivity contribution in [2.24, 2.45) is 0 Å². The lowest BCUT2D eigenvalue weighted by Crippen LogP contribution is -2.46. The van der Waals surface area contributed by atoms with Gasteiger partial charge in [0.05, 0.1) is 21.0 Å². The maximum absolute atomic E-state index is 4.42. The number of aryl methyl sites for hydroxylation is 1. The topological polar surface area (TPSA) is 17.8 Å². The fraction of sp³-hybridized carbons (Fsp3) is 0.125. The summed E-state index contributed by atoms with van der Waals surface area (Å²) in [6.07, 6.45) is 9.63. The maximum atomic E-state index is 4.42. The van der Waals surface area contributed by atoms with E-state index in [4.69, 9.17) is 0 Å². The summed E-state index contributed by atoms with van der Waals surface area (Å²) in [6, 6.07) is 52.1. The normalized spacial score (nSPS) is 11.1. The molecular formula is C40H41BN2Si. The van der Waals surface area contributed by atoms with Crippen molar-refractivity contribution >= 4 is 28.1 Å². The summed E-state index contributed by atoms with van der Waals surface area (Å²) in [5.74, 6) is 2.16. The summed E-state index contributed by atoms with van der Waals surface area (Å²) in [4.78, 5) is 4.42. The molecule has 0 amide bonds. The lowest BCUT2D eigenvalue weighted by molar-refractivity contribution is 0.596. The molecule has 0 fully saturated rings. The zero-order valence-electron chi connectivity index (χ0n) is 25.9. The second-order valence-electron chi connectivity index (χ2n) is 11.1. The second kappa shape index (κ2) is 15.7. The smallest absolute Gasteiger partial charge is 0.130 e. The zero-order valence-corrected chi connectivity index (χ0v) is 27.3. The van der Waals surface area contributed by atoms with E-state index < -0.39 is 9.52 Å². The van der Waals surface area contributed by atoms with Gasteiger partial charge in [-0.3, -0.25) is 0 Å². The molecule has 0 saturated carbocycles. The molecule has 6 rings (SSSR count). The van der Waals surface area contributed by atoms with Crippen molar-refractivity contribution in [2.45, 2.75) is 31.3 Å². The largest absolute Gasteiger partial charge is 0.326 e. The van der Waals surface area contributed by atoms with Gasteiger partial charge in [0.2, 0.25) is 0 Å². The highest BCUT2D eigenvalue weighted by Gasteiger charge is 2.36. The minimum atomic E-state index is -0.791. The molecule has 2 nitrogen and oxygen atoms in total. The summed E-state index contributed by atoms with van der Waals surface area (Å²) in [5, 5.41) is 1.28. The molecule has 0 unspecified atom stereocenters. The van der Waals surface area contributed by atoms with Crippen LogP contribution in [0, 0.1) is 0 Å². The van der Waals surface area contributed by atoms with E-state index in [0.29, 0.717) is 0 Å². The summed E-state index contributed by atoms with van der Waals surface area (Å²) >= 11 is 0. The van der Waals surface area contributed by atoms with Crippen LogP contribution in [0.3, 0.4) is 0 Å². The first-order valence-electron chi connectivity index (χ1n) is 15.7. The molecule has 0 bridgehead atoms. The molecule has 0 aliphatic carbocycles. The van der Waals surface area contributed by atoms with Crippen molar-refractivity contribution in [3.8, 4) is 0 Å². The number of rotatable bonds is 10. The van der Waals surface area contributed by atoms with E-state index >= 15 is 0 Å². The summed E-state index contributed by atoms with van der Waals surface area (Å²) < 4.78 is 2.32. The van der Waals surface area contributed by atoms with E-state index in [1.807, 2.05) is 24.7 Å². The van der Waals surface area contributed by atoms with Crippen LogP contribution >= 0.6 is 0 Å². The molecule has 0 saturated heterocycles. The van der Waals surface area contributed by atoms with Crippen LogP contribution in [-0.4, -0.2) is 26.9 Å². The molecule has 5 aromatic carbocycles. The molecule has 44 heavy (non-hydrogen) atoms.